The van der Waals surface area contributed by atoms with Gasteiger partial charge in [0.2, 0.25) is 0 Å². The van der Waals surface area contributed by atoms with Crippen LogP contribution < -0.4 is 5.73 Å². The molecule has 1 rings (SSSR count). The molecule has 0 aromatic heterocycles. The number of aliphatic hydroxyl groups is 1. The van der Waals surface area contributed by atoms with Gasteiger partial charge in [-0.1, -0.05) is 6.92 Å². The lowest BCUT2D eigenvalue weighted by atomic mass is 10.00. The Hall–Kier alpha value is -0.780. The van der Waals surface area contributed by atoms with Crippen molar-refractivity contribution in [1.29, 1.82) is 0 Å². The van der Waals surface area contributed by atoms with Gasteiger partial charge in [0.1, 0.15) is 5.82 Å². The van der Waals surface area contributed by atoms with E-state index in [0.29, 0.717) is 6.07 Å². The normalized spacial score (nSPS) is 14.1. The van der Waals surface area contributed by atoms with Crippen molar-refractivity contribution >= 4 is 12.4 Å². The zero-order valence-corrected chi connectivity index (χ0v) is 9.40. The van der Waals surface area contributed by atoms with Gasteiger partial charge in [-0.05, 0) is 12.5 Å². The number of benzene rings is 1. The van der Waals surface area contributed by atoms with Crippen molar-refractivity contribution < 1.29 is 18.3 Å². The molecule has 0 radical (unpaired) electrons. The molecule has 0 saturated heterocycles. The van der Waals surface area contributed by atoms with E-state index >= 15 is 0 Å². The molecule has 1 aromatic carbocycles. The number of hydrogen-bond acceptors (Lipinski definition) is 2. The summed E-state index contributed by atoms with van der Waals surface area (Å²) in [5.74, 6) is -3.43. The molecule has 92 valence electrons. The molecule has 16 heavy (non-hydrogen) atoms. The highest BCUT2D eigenvalue weighted by molar-refractivity contribution is 5.85. The van der Waals surface area contributed by atoms with Crippen LogP contribution in [0, 0.1) is 17.5 Å². The third-order valence-electron chi connectivity index (χ3n) is 2.21. The fourth-order valence-corrected chi connectivity index (χ4v) is 1.28. The average Bonchev–Trinajstić information content (AvgIpc) is 2.21. The van der Waals surface area contributed by atoms with E-state index in [2.05, 4.69) is 0 Å². The minimum atomic E-state index is -1.30. The summed E-state index contributed by atoms with van der Waals surface area (Å²) < 4.78 is 38.8. The number of hydrogen-bond donors (Lipinski definition) is 2. The Bertz CT molecular complexity index is 362. The fourth-order valence-electron chi connectivity index (χ4n) is 1.28. The molecule has 1 aromatic rings. The Morgan fingerprint density at radius 3 is 2.38 bits per heavy atom. The van der Waals surface area contributed by atoms with Crippen LogP contribution in [0.5, 0.6) is 0 Å². The highest BCUT2D eigenvalue weighted by Gasteiger charge is 2.21. The van der Waals surface area contributed by atoms with Gasteiger partial charge in [0.25, 0.3) is 0 Å². The highest BCUT2D eigenvalue weighted by Crippen LogP contribution is 2.22. The van der Waals surface area contributed by atoms with Gasteiger partial charge in [0.05, 0.1) is 12.1 Å². The zero-order chi connectivity index (χ0) is 11.6. The Labute approximate surface area is 97.7 Å². The summed E-state index contributed by atoms with van der Waals surface area (Å²) in [4.78, 5) is 0. The molecule has 2 nitrogen and oxygen atoms in total. The van der Waals surface area contributed by atoms with Gasteiger partial charge in [-0.15, -0.1) is 12.4 Å². The lowest BCUT2D eigenvalue weighted by Crippen LogP contribution is -2.26. The van der Waals surface area contributed by atoms with E-state index in [1.54, 1.807) is 6.92 Å². The topological polar surface area (TPSA) is 46.2 Å². The van der Waals surface area contributed by atoms with E-state index in [4.69, 9.17) is 5.73 Å². The molecule has 6 heteroatoms. The van der Waals surface area contributed by atoms with Crippen molar-refractivity contribution in [3.05, 3.63) is 35.1 Å². The van der Waals surface area contributed by atoms with Gasteiger partial charge >= 0.3 is 0 Å². The Balaban J connectivity index is 0.00000225. The van der Waals surface area contributed by atoms with Crippen molar-refractivity contribution in [2.24, 2.45) is 5.73 Å². The van der Waals surface area contributed by atoms with Gasteiger partial charge in [-0.25, -0.2) is 13.2 Å². The van der Waals surface area contributed by atoms with Gasteiger partial charge in [-0.2, -0.15) is 0 Å². The van der Waals surface area contributed by atoms with E-state index in [1.165, 1.54) is 0 Å². The maximum Gasteiger partial charge on any atom is 0.163 e. The van der Waals surface area contributed by atoms with Gasteiger partial charge in [0.15, 0.2) is 11.6 Å². The van der Waals surface area contributed by atoms with Crippen LogP contribution in [0.25, 0.3) is 0 Å². The van der Waals surface area contributed by atoms with E-state index in [1.807, 2.05) is 0 Å². The minimum Gasteiger partial charge on any atom is -0.391 e. The number of nitrogens with two attached hydrogens (primary N) is 1. The van der Waals surface area contributed by atoms with Crippen LogP contribution in [-0.4, -0.2) is 11.2 Å². The zero-order valence-electron chi connectivity index (χ0n) is 8.58. The first-order chi connectivity index (χ1) is 6.97. The second kappa shape index (κ2) is 6.08. The number of halogens is 4. The predicted octanol–water partition coefficient (Wildman–Crippen LogP) is 2.30. The maximum atomic E-state index is 13.2. The SMILES string of the molecule is CC[C@@H](O)[C@@H](N)c1cc(F)cc(F)c1F.Cl. The van der Waals surface area contributed by atoms with Crippen LogP contribution in [0.15, 0.2) is 12.1 Å². The lowest BCUT2D eigenvalue weighted by Gasteiger charge is -2.18. The van der Waals surface area contributed by atoms with Gasteiger partial charge in [-0.3, -0.25) is 0 Å². The molecule has 0 aliphatic carbocycles. The maximum absolute atomic E-state index is 13.2. The van der Waals surface area contributed by atoms with Crippen LogP contribution in [0.4, 0.5) is 13.2 Å². The molecular weight excluding hydrogens is 243 g/mol. The molecule has 0 spiro atoms. The van der Waals surface area contributed by atoms with Crippen LogP contribution in [0.3, 0.4) is 0 Å². The monoisotopic (exact) mass is 255 g/mol. The summed E-state index contributed by atoms with van der Waals surface area (Å²) in [6, 6.07) is 0.103. The lowest BCUT2D eigenvalue weighted by molar-refractivity contribution is 0.138. The first-order valence-corrected chi connectivity index (χ1v) is 4.55. The van der Waals surface area contributed by atoms with Crippen molar-refractivity contribution in [3.63, 3.8) is 0 Å². The molecule has 0 saturated carbocycles. The first-order valence-electron chi connectivity index (χ1n) is 4.55. The minimum absolute atomic E-state index is 0. The molecule has 0 aliphatic heterocycles. The molecule has 0 heterocycles. The molecule has 0 aliphatic rings. The Kier molecular flexibility index (Phi) is 5.78. The molecule has 0 fully saturated rings. The summed E-state index contributed by atoms with van der Waals surface area (Å²) in [6.45, 7) is 1.64. The highest BCUT2D eigenvalue weighted by atomic mass is 35.5. The van der Waals surface area contributed by atoms with Gasteiger partial charge in [0, 0.05) is 11.6 Å². The molecule has 3 N–H and O–H groups in total. The van der Waals surface area contributed by atoms with E-state index in [0.717, 1.165) is 6.07 Å². The summed E-state index contributed by atoms with van der Waals surface area (Å²) in [7, 11) is 0. The average molecular weight is 256 g/mol. The molecular formula is C10H13ClF3NO. The third-order valence-corrected chi connectivity index (χ3v) is 2.21. The van der Waals surface area contributed by atoms with Crippen LogP contribution >= 0.6 is 12.4 Å². The standard InChI is InChI=1S/C10H12F3NO.ClH/c1-2-8(15)10(14)6-3-5(11)4-7(12)9(6)13;/h3-4,8,10,15H,2,14H2,1H3;1H/t8-,10+;/m1./s1. The van der Waals surface area contributed by atoms with E-state index < -0.39 is 29.6 Å². The molecule has 0 bridgehead atoms. The Morgan fingerprint density at radius 1 is 1.31 bits per heavy atom. The number of aliphatic hydroxyl groups excluding tert-OH is 1. The van der Waals surface area contributed by atoms with Crippen molar-refractivity contribution in [2.75, 3.05) is 0 Å². The second-order valence-corrected chi connectivity index (χ2v) is 3.29. The van der Waals surface area contributed by atoms with Crippen LogP contribution in [0.1, 0.15) is 24.9 Å². The molecule has 0 unspecified atom stereocenters. The third kappa shape index (κ3) is 3.10. The van der Waals surface area contributed by atoms with Crippen LogP contribution in [-0.2, 0) is 0 Å². The van der Waals surface area contributed by atoms with E-state index in [9.17, 15) is 18.3 Å². The van der Waals surface area contributed by atoms with Crippen molar-refractivity contribution in [2.45, 2.75) is 25.5 Å². The largest absolute Gasteiger partial charge is 0.391 e. The summed E-state index contributed by atoms with van der Waals surface area (Å²) in [6.07, 6.45) is -0.751. The first kappa shape index (κ1) is 15.2. The number of rotatable bonds is 3. The molecule has 0 amide bonds. The summed E-state index contributed by atoms with van der Waals surface area (Å²) in [5.41, 5.74) is 5.12. The summed E-state index contributed by atoms with van der Waals surface area (Å²) in [5, 5.41) is 9.35. The smallest absolute Gasteiger partial charge is 0.163 e. The second-order valence-electron chi connectivity index (χ2n) is 3.29. The Morgan fingerprint density at radius 2 is 1.88 bits per heavy atom. The van der Waals surface area contributed by atoms with Crippen molar-refractivity contribution in [1.82, 2.24) is 0 Å². The quantitative estimate of drug-likeness (QED) is 0.814. The van der Waals surface area contributed by atoms with Crippen LogP contribution in [0.2, 0.25) is 0 Å². The van der Waals surface area contributed by atoms with Crippen molar-refractivity contribution in [3.8, 4) is 0 Å². The predicted molar refractivity (Wildman–Crippen MR) is 56.8 cm³/mol. The van der Waals surface area contributed by atoms with E-state index in [-0.39, 0.29) is 24.4 Å². The summed E-state index contributed by atoms with van der Waals surface area (Å²) >= 11 is 0. The van der Waals surface area contributed by atoms with Gasteiger partial charge < -0.3 is 10.8 Å². The molecule has 2 atom stereocenters. The fraction of sp³-hybridized carbons (Fsp3) is 0.400.